The van der Waals surface area contributed by atoms with Crippen molar-refractivity contribution < 1.29 is 24.5 Å². The number of hydrogen-bond donors (Lipinski definition) is 2. The van der Waals surface area contributed by atoms with Crippen LogP contribution in [-0.4, -0.2) is 28.8 Å². The lowest BCUT2D eigenvalue weighted by Gasteiger charge is -2.29. The lowest BCUT2D eigenvalue weighted by molar-refractivity contribution is -0.147. The molecule has 0 fully saturated rings. The van der Waals surface area contributed by atoms with E-state index in [-0.39, 0.29) is 0 Å². The molecule has 0 aliphatic rings. The molecule has 0 spiro atoms. The van der Waals surface area contributed by atoms with Crippen LogP contribution in [0.4, 0.5) is 0 Å². The van der Waals surface area contributed by atoms with Gasteiger partial charge in [-0.25, -0.2) is 0 Å². The maximum absolute atomic E-state index is 11.9. The highest BCUT2D eigenvalue weighted by Gasteiger charge is 2.40. The molecule has 0 radical (unpaired) electrons. The number of benzene rings is 3. The van der Waals surface area contributed by atoms with Crippen LogP contribution in [0, 0.1) is 5.41 Å². The van der Waals surface area contributed by atoms with Gasteiger partial charge in [-0.05, 0) is 49.9 Å². The van der Waals surface area contributed by atoms with Crippen LogP contribution >= 0.6 is 0 Å². The Morgan fingerprint density at radius 1 is 0.727 bits per heavy atom. The van der Waals surface area contributed by atoms with Crippen molar-refractivity contribution in [1.29, 1.82) is 0 Å². The second-order valence-corrected chi connectivity index (χ2v) is 8.40. The average Bonchev–Trinajstić information content (AvgIpc) is 2.82. The Balaban J connectivity index is 0.000000238. The van der Waals surface area contributed by atoms with Gasteiger partial charge in [-0.3, -0.25) is 9.59 Å². The van der Waals surface area contributed by atoms with Gasteiger partial charge >= 0.3 is 11.9 Å². The normalized spacial score (nSPS) is 11.1. The predicted octanol–water partition coefficient (Wildman–Crippen LogP) is 6.03. The molecule has 0 unspecified atom stereocenters. The minimum atomic E-state index is -0.956. The molecule has 174 valence electrons. The first-order chi connectivity index (χ1) is 15.7. The Morgan fingerprint density at radius 2 is 1.15 bits per heavy atom. The number of carbonyl (C=O) groups is 2. The summed E-state index contributed by atoms with van der Waals surface area (Å²) in [4.78, 5) is 22.7. The number of hydrogen-bond acceptors (Lipinski definition) is 3. The average molecular weight is 449 g/mol. The summed E-state index contributed by atoms with van der Waals surface area (Å²) in [6.07, 6.45) is 1.02. The molecule has 33 heavy (non-hydrogen) atoms. The summed E-state index contributed by atoms with van der Waals surface area (Å²) in [5.41, 5.74) is -0.0329. The van der Waals surface area contributed by atoms with Gasteiger partial charge in [0, 0.05) is 0 Å². The maximum Gasteiger partial charge on any atom is 0.318 e. The highest BCUT2D eigenvalue weighted by molar-refractivity contribution is 5.86. The molecule has 0 aromatic heterocycles. The van der Waals surface area contributed by atoms with E-state index in [0.717, 1.165) is 16.9 Å². The number of rotatable bonds is 9. The van der Waals surface area contributed by atoms with Gasteiger partial charge in [0.15, 0.2) is 0 Å². The van der Waals surface area contributed by atoms with Crippen LogP contribution in [0.1, 0.15) is 44.7 Å². The van der Waals surface area contributed by atoms with E-state index in [4.69, 9.17) is 9.84 Å². The molecule has 5 heteroatoms. The van der Waals surface area contributed by atoms with Crippen molar-refractivity contribution in [3.05, 3.63) is 102 Å². The molecule has 0 aliphatic carbocycles. The summed E-state index contributed by atoms with van der Waals surface area (Å²) in [6.45, 7) is 5.73. The lowest BCUT2D eigenvalue weighted by atomic mass is 9.72. The summed E-state index contributed by atoms with van der Waals surface area (Å²) in [5.74, 6) is -0.819. The van der Waals surface area contributed by atoms with E-state index in [1.165, 1.54) is 0 Å². The summed E-state index contributed by atoms with van der Waals surface area (Å²) in [5, 5.41) is 18.6. The Kier molecular flexibility index (Phi) is 9.22. The molecule has 5 nitrogen and oxygen atoms in total. The Bertz CT molecular complexity index is 959. The van der Waals surface area contributed by atoms with Crippen LogP contribution in [0.25, 0.3) is 0 Å². The zero-order chi connectivity index (χ0) is 24.3. The fraction of sp³-hybridized carbons (Fsp3) is 0.286. The van der Waals surface area contributed by atoms with Gasteiger partial charge in [-0.2, -0.15) is 0 Å². The smallest absolute Gasteiger partial charge is 0.318 e. The molecule has 0 aliphatic heterocycles. The molecule has 3 aromatic rings. The highest BCUT2D eigenvalue weighted by atomic mass is 16.5. The second-order valence-electron chi connectivity index (χ2n) is 8.40. The Labute approximate surface area is 195 Å². The summed E-state index contributed by atoms with van der Waals surface area (Å²) >= 11 is 0. The van der Waals surface area contributed by atoms with Gasteiger partial charge in [-0.1, -0.05) is 85.8 Å². The number of para-hydroxylation sites is 1. The van der Waals surface area contributed by atoms with Gasteiger partial charge < -0.3 is 14.9 Å². The summed E-state index contributed by atoms with van der Waals surface area (Å²) in [6, 6.07) is 28.2. The molecule has 0 saturated carbocycles. The summed E-state index contributed by atoms with van der Waals surface area (Å²) < 4.78 is 5.43. The van der Waals surface area contributed by atoms with E-state index >= 15 is 0 Å². The van der Waals surface area contributed by atoms with E-state index in [2.05, 4.69) is 0 Å². The molecule has 2 N–H and O–H groups in total. The standard InChI is InChI=1S/C16H16O2.C12H16O3/c1-2-16(15(17)18,13-9-5-3-6-10-13)14-11-7-4-8-12-14;1-12(2,11(13)14)8-9-15-10-6-4-3-5-7-10/h3-12H,2H2,1H3,(H,17,18);3-7H,8-9H2,1-2H3,(H,13,14). The number of ether oxygens (including phenoxy) is 1. The van der Waals surface area contributed by atoms with Gasteiger partial charge in [0.05, 0.1) is 12.0 Å². The van der Waals surface area contributed by atoms with Crippen molar-refractivity contribution in [3.63, 3.8) is 0 Å². The van der Waals surface area contributed by atoms with Crippen LogP contribution in [-0.2, 0) is 15.0 Å². The van der Waals surface area contributed by atoms with E-state index in [0.29, 0.717) is 19.4 Å². The fourth-order valence-corrected chi connectivity index (χ4v) is 3.47. The third-order valence-corrected chi connectivity index (χ3v) is 5.75. The minimum absolute atomic E-state index is 0.420. The summed E-state index contributed by atoms with van der Waals surface area (Å²) in [7, 11) is 0. The molecule has 0 amide bonds. The molecule has 3 aromatic carbocycles. The molecule has 3 rings (SSSR count). The van der Waals surface area contributed by atoms with E-state index in [1.54, 1.807) is 13.8 Å². The molecular formula is C28H32O5. The van der Waals surface area contributed by atoms with Crippen LogP contribution < -0.4 is 4.74 Å². The van der Waals surface area contributed by atoms with Crippen molar-refractivity contribution in [3.8, 4) is 5.75 Å². The minimum Gasteiger partial charge on any atom is -0.494 e. The lowest BCUT2D eigenvalue weighted by Crippen LogP contribution is -2.36. The molecule has 0 saturated heterocycles. The van der Waals surface area contributed by atoms with Gasteiger partial charge in [-0.15, -0.1) is 0 Å². The monoisotopic (exact) mass is 448 g/mol. The van der Waals surface area contributed by atoms with Crippen molar-refractivity contribution in [1.82, 2.24) is 0 Å². The van der Waals surface area contributed by atoms with E-state index in [9.17, 15) is 14.7 Å². The van der Waals surface area contributed by atoms with Crippen LogP contribution in [0.2, 0.25) is 0 Å². The van der Waals surface area contributed by atoms with E-state index < -0.39 is 22.8 Å². The zero-order valence-electron chi connectivity index (χ0n) is 19.4. The third kappa shape index (κ3) is 6.69. The first kappa shape index (κ1) is 25.7. The van der Waals surface area contributed by atoms with Crippen LogP contribution in [0.3, 0.4) is 0 Å². The fourth-order valence-electron chi connectivity index (χ4n) is 3.47. The molecule has 0 heterocycles. The maximum atomic E-state index is 11.9. The number of aliphatic carboxylic acids is 2. The molecular weight excluding hydrogens is 416 g/mol. The third-order valence-electron chi connectivity index (χ3n) is 5.75. The van der Waals surface area contributed by atoms with Crippen LogP contribution in [0.15, 0.2) is 91.0 Å². The first-order valence-electron chi connectivity index (χ1n) is 11.0. The van der Waals surface area contributed by atoms with Crippen LogP contribution in [0.5, 0.6) is 5.75 Å². The molecule has 0 bridgehead atoms. The van der Waals surface area contributed by atoms with E-state index in [1.807, 2.05) is 97.9 Å². The molecule has 0 atom stereocenters. The number of carboxylic acids is 2. The predicted molar refractivity (Wildman–Crippen MR) is 130 cm³/mol. The Hall–Kier alpha value is -3.60. The Morgan fingerprint density at radius 3 is 1.52 bits per heavy atom. The zero-order valence-corrected chi connectivity index (χ0v) is 19.4. The van der Waals surface area contributed by atoms with Crippen molar-refractivity contribution in [2.45, 2.75) is 39.0 Å². The second kappa shape index (κ2) is 11.9. The van der Waals surface area contributed by atoms with Gasteiger partial charge in [0.25, 0.3) is 0 Å². The van der Waals surface area contributed by atoms with Gasteiger partial charge in [0.1, 0.15) is 11.2 Å². The SMILES string of the molecule is CC(C)(CCOc1ccccc1)C(=O)O.CCC(C(=O)O)(c1ccccc1)c1ccccc1. The van der Waals surface area contributed by atoms with Gasteiger partial charge in [0.2, 0.25) is 0 Å². The van der Waals surface area contributed by atoms with Crippen molar-refractivity contribution in [2.24, 2.45) is 5.41 Å². The highest BCUT2D eigenvalue weighted by Crippen LogP contribution is 2.35. The van der Waals surface area contributed by atoms with Crippen molar-refractivity contribution >= 4 is 11.9 Å². The van der Waals surface area contributed by atoms with Crippen molar-refractivity contribution in [2.75, 3.05) is 6.61 Å². The number of carboxylic acid groups (broad SMARTS) is 2. The largest absolute Gasteiger partial charge is 0.494 e. The first-order valence-corrected chi connectivity index (χ1v) is 11.0. The quantitative estimate of drug-likeness (QED) is 0.417. The topological polar surface area (TPSA) is 83.8 Å².